The van der Waals surface area contributed by atoms with Crippen LogP contribution in [-0.4, -0.2) is 35.0 Å². The third-order valence-corrected chi connectivity index (χ3v) is 4.94. The van der Waals surface area contributed by atoms with Crippen molar-refractivity contribution < 1.29 is 19.1 Å². The second-order valence-corrected chi connectivity index (χ2v) is 6.50. The van der Waals surface area contributed by atoms with E-state index in [4.69, 9.17) is 5.11 Å². The molecule has 118 valence electrons. The van der Waals surface area contributed by atoms with Gasteiger partial charge in [0.15, 0.2) is 0 Å². The van der Waals surface area contributed by atoms with Gasteiger partial charge in [-0.05, 0) is 42.4 Å². The molecule has 4 unspecified atom stereocenters. The summed E-state index contributed by atoms with van der Waals surface area (Å²) in [6.45, 7) is 2.93. The number of likely N-dealkylation sites (tertiary alicyclic amines) is 1. The van der Waals surface area contributed by atoms with Gasteiger partial charge in [-0.1, -0.05) is 19.1 Å². The first kappa shape index (κ1) is 15.0. The van der Waals surface area contributed by atoms with Crippen molar-refractivity contribution in [3.05, 3.63) is 35.6 Å². The summed E-state index contributed by atoms with van der Waals surface area (Å²) in [5.74, 6) is -1.13. The number of nitrogens with zero attached hydrogens (tertiary/aromatic N) is 1. The number of hydrogen-bond acceptors (Lipinski definition) is 2. The van der Waals surface area contributed by atoms with Crippen LogP contribution in [0.15, 0.2) is 24.3 Å². The number of carbonyl (C=O) groups is 2. The molecule has 2 fully saturated rings. The SMILES string of the molecule is CC1CN(C(=O)C2CC2c2ccc(F)cc2)CCC1C(=O)O. The lowest BCUT2D eigenvalue weighted by Gasteiger charge is -2.35. The Balaban J connectivity index is 1.60. The molecule has 4 nitrogen and oxygen atoms in total. The first-order valence-electron chi connectivity index (χ1n) is 7.74. The minimum atomic E-state index is -0.768. The quantitative estimate of drug-likeness (QED) is 0.933. The summed E-state index contributed by atoms with van der Waals surface area (Å²) in [5, 5.41) is 9.13. The molecule has 3 rings (SSSR count). The lowest BCUT2D eigenvalue weighted by atomic mass is 9.87. The van der Waals surface area contributed by atoms with Gasteiger partial charge < -0.3 is 10.0 Å². The van der Waals surface area contributed by atoms with E-state index < -0.39 is 5.97 Å². The van der Waals surface area contributed by atoms with Gasteiger partial charge in [-0.2, -0.15) is 0 Å². The van der Waals surface area contributed by atoms with Gasteiger partial charge >= 0.3 is 5.97 Å². The summed E-state index contributed by atoms with van der Waals surface area (Å²) >= 11 is 0. The smallest absolute Gasteiger partial charge is 0.306 e. The molecule has 4 atom stereocenters. The average Bonchev–Trinajstić information content (AvgIpc) is 3.27. The Labute approximate surface area is 128 Å². The number of carboxylic acid groups (broad SMARTS) is 1. The lowest BCUT2D eigenvalue weighted by Crippen LogP contribution is -2.45. The van der Waals surface area contributed by atoms with Crippen molar-refractivity contribution in [2.75, 3.05) is 13.1 Å². The van der Waals surface area contributed by atoms with Crippen molar-refractivity contribution >= 4 is 11.9 Å². The maximum Gasteiger partial charge on any atom is 0.306 e. The number of aliphatic carboxylic acids is 1. The van der Waals surface area contributed by atoms with E-state index in [1.165, 1.54) is 12.1 Å². The van der Waals surface area contributed by atoms with Crippen LogP contribution in [0.25, 0.3) is 0 Å². The molecular weight excluding hydrogens is 285 g/mol. The van der Waals surface area contributed by atoms with E-state index in [2.05, 4.69) is 0 Å². The van der Waals surface area contributed by atoms with Crippen LogP contribution in [-0.2, 0) is 9.59 Å². The van der Waals surface area contributed by atoms with E-state index in [9.17, 15) is 14.0 Å². The largest absolute Gasteiger partial charge is 0.481 e. The third-order valence-electron chi connectivity index (χ3n) is 4.94. The summed E-state index contributed by atoms with van der Waals surface area (Å²) in [6, 6.07) is 6.34. The van der Waals surface area contributed by atoms with Gasteiger partial charge in [-0.15, -0.1) is 0 Å². The number of piperidine rings is 1. The molecule has 0 spiro atoms. The fraction of sp³-hybridized carbons (Fsp3) is 0.529. The molecule has 0 aromatic heterocycles. The molecule has 0 bridgehead atoms. The molecule has 1 amide bonds. The normalized spacial score (nSPS) is 30.9. The Morgan fingerprint density at radius 1 is 1.23 bits per heavy atom. The Morgan fingerprint density at radius 2 is 1.91 bits per heavy atom. The fourth-order valence-corrected chi connectivity index (χ4v) is 3.49. The number of carboxylic acids is 1. The standard InChI is InChI=1S/C17H20FNO3/c1-10-9-19(7-6-13(10)17(21)22)16(20)15-8-14(15)11-2-4-12(18)5-3-11/h2-5,10,13-15H,6-9H2,1H3,(H,21,22). The van der Waals surface area contributed by atoms with E-state index in [0.717, 1.165) is 12.0 Å². The summed E-state index contributed by atoms with van der Waals surface area (Å²) in [7, 11) is 0. The van der Waals surface area contributed by atoms with Crippen LogP contribution < -0.4 is 0 Å². The van der Waals surface area contributed by atoms with Gasteiger partial charge in [0.2, 0.25) is 5.91 Å². The van der Waals surface area contributed by atoms with Gasteiger partial charge in [0.25, 0.3) is 0 Å². The number of amides is 1. The predicted octanol–water partition coefficient (Wildman–Crippen LogP) is 2.50. The van der Waals surface area contributed by atoms with Gasteiger partial charge in [-0.3, -0.25) is 9.59 Å². The van der Waals surface area contributed by atoms with E-state index in [1.807, 2.05) is 6.92 Å². The maximum absolute atomic E-state index is 12.9. The Kier molecular flexibility index (Phi) is 3.89. The highest BCUT2D eigenvalue weighted by atomic mass is 19.1. The minimum Gasteiger partial charge on any atom is -0.481 e. The van der Waals surface area contributed by atoms with Crippen LogP contribution in [0.4, 0.5) is 4.39 Å². The molecule has 5 heteroatoms. The number of benzene rings is 1. The number of rotatable bonds is 3. The highest BCUT2D eigenvalue weighted by Gasteiger charge is 2.47. The number of halogens is 1. The van der Waals surface area contributed by atoms with Crippen LogP contribution in [0, 0.1) is 23.6 Å². The van der Waals surface area contributed by atoms with Crippen molar-refractivity contribution in [3.63, 3.8) is 0 Å². The Hall–Kier alpha value is -1.91. The Morgan fingerprint density at radius 3 is 2.50 bits per heavy atom. The molecule has 0 radical (unpaired) electrons. The van der Waals surface area contributed by atoms with E-state index >= 15 is 0 Å². The van der Waals surface area contributed by atoms with E-state index in [-0.39, 0.29) is 35.4 Å². The molecule has 1 aromatic rings. The minimum absolute atomic E-state index is 0.0155. The second-order valence-electron chi connectivity index (χ2n) is 6.50. The first-order chi connectivity index (χ1) is 10.5. The van der Waals surface area contributed by atoms with E-state index in [1.54, 1.807) is 17.0 Å². The third kappa shape index (κ3) is 2.85. The fourth-order valence-electron chi connectivity index (χ4n) is 3.49. The zero-order chi connectivity index (χ0) is 15.9. The van der Waals surface area contributed by atoms with Gasteiger partial charge in [0, 0.05) is 19.0 Å². The molecule has 22 heavy (non-hydrogen) atoms. The molecular formula is C17H20FNO3. The molecule has 1 heterocycles. The molecule has 1 saturated carbocycles. The van der Waals surface area contributed by atoms with Crippen molar-refractivity contribution in [2.24, 2.45) is 17.8 Å². The summed E-state index contributed by atoms with van der Waals surface area (Å²) in [5.41, 5.74) is 1.01. The summed E-state index contributed by atoms with van der Waals surface area (Å²) in [6.07, 6.45) is 1.33. The molecule has 1 N–H and O–H groups in total. The van der Waals surface area contributed by atoms with Crippen molar-refractivity contribution in [3.8, 4) is 0 Å². The van der Waals surface area contributed by atoms with E-state index in [0.29, 0.717) is 19.5 Å². The van der Waals surface area contributed by atoms with Crippen molar-refractivity contribution in [1.82, 2.24) is 4.90 Å². The van der Waals surface area contributed by atoms with Gasteiger partial charge in [0.05, 0.1) is 5.92 Å². The Bertz CT molecular complexity index is 586. The van der Waals surface area contributed by atoms with Crippen LogP contribution >= 0.6 is 0 Å². The lowest BCUT2D eigenvalue weighted by molar-refractivity contribution is -0.148. The highest BCUT2D eigenvalue weighted by molar-refractivity contribution is 5.83. The molecule has 1 aliphatic heterocycles. The summed E-state index contributed by atoms with van der Waals surface area (Å²) in [4.78, 5) is 25.5. The van der Waals surface area contributed by atoms with Crippen LogP contribution in [0.3, 0.4) is 0 Å². The molecule has 1 aliphatic carbocycles. The molecule has 2 aliphatic rings. The number of carbonyl (C=O) groups excluding carboxylic acids is 1. The zero-order valence-corrected chi connectivity index (χ0v) is 12.5. The van der Waals surface area contributed by atoms with Gasteiger partial charge in [-0.25, -0.2) is 4.39 Å². The highest BCUT2D eigenvalue weighted by Crippen LogP contribution is 2.48. The predicted molar refractivity (Wildman–Crippen MR) is 78.7 cm³/mol. The zero-order valence-electron chi connectivity index (χ0n) is 12.5. The van der Waals surface area contributed by atoms with Crippen molar-refractivity contribution in [1.29, 1.82) is 0 Å². The number of hydrogen-bond donors (Lipinski definition) is 1. The van der Waals surface area contributed by atoms with Crippen LogP contribution in [0.1, 0.15) is 31.2 Å². The molecule has 1 saturated heterocycles. The summed E-state index contributed by atoms with van der Waals surface area (Å²) < 4.78 is 12.9. The van der Waals surface area contributed by atoms with Crippen LogP contribution in [0.5, 0.6) is 0 Å². The average molecular weight is 305 g/mol. The van der Waals surface area contributed by atoms with Crippen molar-refractivity contribution in [2.45, 2.75) is 25.7 Å². The van der Waals surface area contributed by atoms with Crippen LogP contribution in [0.2, 0.25) is 0 Å². The molecule has 1 aromatic carbocycles. The monoisotopic (exact) mass is 305 g/mol. The van der Waals surface area contributed by atoms with Gasteiger partial charge in [0.1, 0.15) is 5.82 Å². The maximum atomic E-state index is 12.9. The topological polar surface area (TPSA) is 57.6 Å². The second kappa shape index (κ2) is 5.71. The first-order valence-corrected chi connectivity index (χ1v) is 7.74.